The first kappa shape index (κ1) is 14.5. The highest BCUT2D eigenvalue weighted by molar-refractivity contribution is 7.89. The maximum Gasteiger partial charge on any atom is 0.214 e. The van der Waals surface area contributed by atoms with Crippen LogP contribution in [0.25, 0.3) is 0 Å². The fraction of sp³-hybridized carbons (Fsp3) is 0.571. The van der Waals surface area contributed by atoms with Gasteiger partial charge in [-0.2, -0.15) is 4.31 Å². The number of hydrogen-bond donors (Lipinski definition) is 0. The summed E-state index contributed by atoms with van der Waals surface area (Å²) < 4.78 is 38.8. The van der Waals surface area contributed by atoms with Gasteiger partial charge in [0, 0.05) is 12.6 Å². The summed E-state index contributed by atoms with van der Waals surface area (Å²) in [6.45, 7) is 2.50. The first-order valence-corrected chi connectivity index (χ1v) is 8.38. The minimum absolute atomic E-state index is 0.0296. The van der Waals surface area contributed by atoms with E-state index >= 15 is 0 Å². The van der Waals surface area contributed by atoms with Gasteiger partial charge in [0.25, 0.3) is 0 Å². The van der Waals surface area contributed by atoms with Crippen molar-refractivity contribution in [2.45, 2.75) is 38.6 Å². The Labute approximate surface area is 114 Å². The highest BCUT2D eigenvalue weighted by atomic mass is 32.2. The van der Waals surface area contributed by atoms with Crippen LogP contribution >= 0.6 is 0 Å². The van der Waals surface area contributed by atoms with E-state index in [1.807, 2.05) is 6.92 Å². The molecule has 5 heteroatoms. The normalized spacial score (nSPS) is 20.8. The van der Waals surface area contributed by atoms with Crippen molar-refractivity contribution in [2.75, 3.05) is 12.3 Å². The van der Waals surface area contributed by atoms with Crippen LogP contribution in [0.3, 0.4) is 0 Å². The Balaban J connectivity index is 2.09. The van der Waals surface area contributed by atoms with Gasteiger partial charge in [0.15, 0.2) is 0 Å². The molecule has 1 aromatic carbocycles. The van der Waals surface area contributed by atoms with Gasteiger partial charge < -0.3 is 0 Å². The molecule has 1 heterocycles. The quantitative estimate of drug-likeness (QED) is 0.834. The van der Waals surface area contributed by atoms with Crippen molar-refractivity contribution >= 4 is 10.0 Å². The Kier molecular flexibility index (Phi) is 4.58. The van der Waals surface area contributed by atoms with Gasteiger partial charge in [0.05, 0.1) is 5.75 Å². The topological polar surface area (TPSA) is 37.4 Å². The first-order valence-electron chi connectivity index (χ1n) is 6.77. The fourth-order valence-corrected chi connectivity index (χ4v) is 4.44. The van der Waals surface area contributed by atoms with E-state index in [9.17, 15) is 12.8 Å². The summed E-state index contributed by atoms with van der Waals surface area (Å²) in [7, 11) is -3.13. The van der Waals surface area contributed by atoms with Crippen molar-refractivity contribution < 1.29 is 12.8 Å². The second-order valence-electron chi connectivity index (χ2n) is 5.05. The number of halogens is 1. The predicted octanol–water partition coefficient (Wildman–Crippen LogP) is 2.57. The van der Waals surface area contributed by atoms with Crippen molar-refractivity contribution in [1.82, 2.24) is 4.31 Å². The summed E-state index contributed by atoms with van der Waals surface area (Å²) in [6.07, 6.45) is 3.11. The fourth-order valence-electron chi connectivity index (χ4n) is 2.65. The molecule has 0 radical (unpaired) electrons. The third-order valence-electron chi connectivity index (χ3n) is 3.53. The molecule has 1 unspecified atom stereocenters. The Bertz CT molecular complexity index is 513. The van der Waals surface area contributed by atoms with Crippen LogP contribution in [0, 0.1) is 5.82 Å². The Morgan fingerprint density at radius 1 is 1.32 bits per heavy atom. The number of benzene rings is 1. The second-order valence-corrected chi connectivity index (χ2v) is 7.09. The Morgan fingerprint density at radius 2 is 2.00 bits per heavy atom. The Hall–Kier alpha value is -0.940. The molecule has 0 aromatic heterocycles. The molecule has 1 saturated heterocycles. The van der Waals surface area contributed by atoms with Crippen molar-refractivity contribution in [3.05, 3.63) is 35.6 Å². The molecule has 0 saturated carbocycles. The lowest BCUT2D eigenvalue weighted by Crippen LogP contribution is -2.38. The van der Waals surface area contributed by atoms with E-state index < -0.39 is 10.0 Å². The third-order valence-corrected chi connectivity index (χ3v) is 5.65. The largest absolute Gasteiger partial charge is 0.214 e. The van der Waals surface area contributed by atoms with Crippen molar-refractivity contribution in [3.8, 4) is 0 Å². The zero-order chi connectivity index (χ0) is 13.9. The lowest BCUT2D eigenvalue weighted by atomic mass is 10.0. The van der Waals surface area contributed by atoms with E-state index in [0.717, 1.165) is 18.4 Å². The molecule has 1 aliphatic heterocycles. The molecular weight excluding hydrogens is 265 g/mol. The van der Waals surface area contributed by atoms with Crippen LogP contribution in [0.2, 0.25) is 0 Å². The van der Waals surface area contributed by atoms with Gasteiger partial charge in [-0.3, -0.25) is 0 Å². The average molecular weight is 285 g/mol. The molecule has 1 atom stereocenters. The maximum absolute atomic E-state index is 12.9. The summed E-state index contributed by atoms with van der Waals surface area (Å²) in [4.78, 5) is 0. The van der Waals surface area contributed by atoms with Crippen LogP contribution in [0.4, 0.5) is 4.39 Å². The smallest absolute Gasteiger partial charge is 0.212 e. The Morgan fingerprint density at radius 3 is 2.63 bits per heavy atom. The summed E-state index contributed by atoms with van der Waals surface area (Å²) >= 11 is 0. The maximum atomic E-state index is 12.9. The summed E-state index contributed by atoms with van der Waals surface area (Å²) in [5, 5.41) is 0. The minimum Gasteiger partial charge on any atom is -0.212 e. The van der Waals surface area contributed by atoms with Crippen LogP contribution in [0.5, 0.6) is 0 Å². The van der Waals surface area contributed by atoms with E-state index in [4.69, 9.17) is 0 Å². The van der Waals surface area contributed by atoms with E-state index in [1.54, 1.807) is 16.4 Å². The standard InChI is InChI=1S/C14H20FNO2S/c1-2-10-19(17,18)16-9-3-4-14(16)11-12-5-7-13(15)8-6-12/h5-8,14H,2-4,9-11H2,1H3. The first-order chi connectivity index (χ1) is 9.03. The van der Waals surface area contributed by atoms with Gasteiger partial charge in [-0.25, -0.2) is 12.8 Å². The summed E-state index contributed by atoms with van der Waals surface area (Å²) in [5.41, 5.74) is 0.991. The molecule has 1 aromatic rings. The molecule has 106 valence electrons. The van der Waals surface area contributed by atoms with Crippen molar-refractivity contribution in [2.24, 2.45) is 0 Å². The third kappa shape index (κ3) is 3.54. The van der Waals surface area contributed by atoms with Gasteiger partial charge in [0.1, 0.15) is 5.82 Å². The lowest BCUT2D eigenvalue weighted by Gasteiger charge is -2.24. The minimum atomic E-state index is -3.13. The van der Waals surface area contributed by atoms with Gasteiger partial charge in [-0.05, 0) is 43.4 Å². The van der Waals surface area contributed by atoms with Crippen LogP contribution < -0.4 is 0 Å². The van der Waals surface area contributed by atoms with Crippen LogP contribution in [0.15, 0.2) is 24.3 Å². The highest BCUT2D eigenvalue weighted by Gasteiger charge is 2.33. The van der Waals surface area contributed by atoms with Crippen LogP contribution in [-0.4, -0.2) is 31.1 Å². The molecule has 0 spiro atoms. The van der Waals surface area contributed by atoms with E-state index in [2.05, 4.69) is 0 Å². The van der Waals surface area contributed by atoms with Crippen LogP contribution in [-0.2, 0) is 16.4 Å². The number of sulfonamides is 1. The molecule has 0 bridgehead atoms. The molecule has 1 aliphatic rings. The van der Waals surface area contributed by atoms with E-state index in [-0.39, 0.29) is 17.6 Å². The van der Waals surface area contributed by atoms with Crippen molar-refractivity contribution in [3.63, 3.8) is 0 Å². The van der Waals surface area contributed by atoms with Gasteiger partial charge >= 0.3 is 0 Å². The highest BCUT2D eigenvalue weighted by Crippen LogP contribution is 2.25. The zero-order valence-corrected chi connectivity index (χ0v) is 12.0. The molecule has 0 aliphatic carbocycles. The molecular formula is C14H20FNO2S. The molecule has 3 nitrogen and oxygen atoms in total. The lowest BCUT2D eigenvalue weighted by molar-refractivity contribution is 0.385. The van der Waals surface area contributed by atoms with E-state index in [0.29, 0.717) is 19.4 Å². The number of hydrogen-bond acceptors (Lipinski definition) is 2. The molecule has 19 heavy (non-hydrogen) atoms. The summed E-state index contributed by atoms with van der Waals surface area (Å²) in [6, 6.07) is 6.35. The zero-order valence-electron chi connectivity index (χ0n) is 11.2. The summed E-state index contributed by atoms with van der Waals surface area (Å²) in [5.74, 6) is -0.0435. The second kappa shape index (κ2) is 6.01. The van der Waals surface area contributed by atoms with Crippen LogP contribution in [0.1, 0.15) is 31.7 Å². The average Bonchev–Trinajstić information content (AvgIpc) is 2.81. The SMILES string of the molecule is CCCS(=O)(=O)N1CCCC1Cc1ccc(F)cc1. The molecule has 0 amide bonds. The van der Waals surface area contributed by atoms with Crippen molar-refractivity contribution in [1.29, 1.82) is 0 Å². The predicted molar refractivity (Wildman–Crippen MR) is 73.9 cm³/mol. The number of rotatable bonds is 5. The monoisotopic (exact) mass is 285 g/mol. The van der Waals surface area contributed by atoms with Gasteiger partial charge in [0.2, 0.25) is 10.0 Å². The molecule has 2 rings (SSSR count). The number of nitrogens with zero attached hydrogens (tertiary/aromatic N) is 1. The van der Waals surface area contributed by atoms with Gasteiger partial charge in [-0.1, -0.05) is 19.1 Å². The van der Waals surface area contributed by atoms with E-state index in [1.165, 1.54) is 12.1 Å². The molecule has 1 fully saturated rings. The van der Waals surface area contributed by atoms with Gasteiger partial charge in [-0.15, -0.1) is 0 Å². The molecule has 0 N–H and O–H groups in total.